The van der Waals surface area contributed by atoms with Crippen LogP contribution in [0.5, 0.6) is 0 Å². The van der Waals surface area contributed by atoms with Crippen LogP contribution in [0.15, 0.2) is 58.3 Å². The van der Waals surface area contributed by atoms with E-state index in [0.29, 0.717) is 27.7 Å². The van der Waals surface area contributed by atoms with Gasteiger partial charge in [0.25, 0.3) is 0 Å². The molecule has 0 radical (unpaired) electrons. The number of hydrogen-bond donors (Lipinski definition) is 2. The zero-order valence-electron chi connectivity index (χ0n) is 21.6. The Morgan fingerprint density at radius 2 is 2.24 bits per heavy atom. The van der Waals surface area contributed by atoms with Crippen molar-refractivity contribution in [3.63, 3.8) is 0 Å². The van der Waals surface area contributed by atoms with Crippen LogP contribution in [0.2, 0.25) is 5.02 Å². The second-order valence-electron chi connectivity index (χ2n) is 9.45. The van der Waals surface area contributed by atoms with Crippen molar-refractivity contribution >= 4 is 46.5 Å². The van der Waals surface area contributed by atoms with Gasteiger partial charge >= 0.3 is 18.6 Å². The number of alkyl halides is 2. The summed E-state index contributed by atoms with van der Waals surface area (Å²) in [5, 5.41) is 13.1. The van der Waals surface area contributed by atoms with E-state index >= 15 is 0 Å². The molecule has 5 rings (SSSR count). The molecule has 1 spiro atoms. The van der Waals surface area contributed by atoms with Crippen molar-refractivity contribution in [2.75, 3.05) is 26.8 Å². The highest BCUT2D eigenvalue weighted by atomic mass is 35.5. The van der Waals surface area contributed by atoms with Gasteiger partial charge in [-0.3, -0.25) is 14.7 Å². The smallest absolute Gasteiger partial charge is 0.410 e. The van der Waals surface area contributed by atoms with Gasteiger partial charge in [0.05, 0.1) is 25.8 Å². The number of thiazole rings is 1. The summed E-state index contributed by atoms with van der Waals surface area (Å²) in [5.74, 6) is -0.617. The first-order valence-electron chi connectivity index (χ1n) is 12.4. The van der Waals surface area contributed by atoms with Gasteiger partial charge in [0.15, 0.2) is 10.8 Å². The van der Waals surface area contributed by atoms with Crippen LogP contribution < -0.4 is 5.32 Å². The number of cyclic esters (lactones) is 1. The third-order valence-corrected chi connectivity index (χ3v) is 8.13. The summed E-state index contributed by atoms with van der Waals surface area (Å²) in [4.78, 5) is 37.4. The van der Waals surface area contributed by atoms with Crippen LogP contribution in [0.25, 0.3) is 0 Å². The topological polar surface area (TPSA) is 120 Å². The number of hydrogen-bond acceptors (Lipinski definition) is 10. The molecule has 0 unspecified atom stereocenters. The lowest BCUT2D eigenvalue weighted by atomic mass is 9.89. The molecule has 2 saturated heterocycles. The molecule has 0 aliphatic carbocycles. The second-order valence-corrected chi connectivity index (χ2v) is 10.8. The summed E-state index contributed by atoms with van der Waals surface area (Å²) in [5.41, 5.74) is 0.218. The normalized spacial score (nSPS) is 22.0. The number of amides is 1. The van der Waals surface area contributed by atoms with Crippen LogP contribution >= 0.6 is 22.9 Å². The third-order valence-electron chi connectivity index (χ3n) is 7.03. The van der Waals surface area contributed by atoms with Gasteiger partial charge in [-0.25, -0.2) is 14.2 Å². The predicted molar refractivity (Wildman–Crippen MR) is 145 cm³/mol. The summed E-state index contributed by atoms with van der Waals surface area (Å²) < 4.78 is 49.8. The highest BCUT2D eigenvalue weighted by Crippen LogP contribution is 2.48. The van der Waals surface area contributed by atoms with Gasteiger partial charge in [-0.2, -0.15) is 8.78 Å². The van der Waals surface area contributed by atoms with E-state index < -0.39 is 36.0 Å². The molecule has 10 nitrogen and oxygen atoms in total. The SMILES string of the molecule is COC(=O)CCN1C(=O)OC[C@@]12CC1=C(C(=N)/C=C\NC(F)F)[C@H](c3ccc(F)cc3Cl)N=C(c3nccs3)N1C2. The number of carbonyl (C=O) groups excluding carboxylic acids is 2. The number of benzene rings is 1. The van der Waals surface area contributed by atoms with Gasteiger partial charge < -0.3 is 25.1 Å². The Balaban J connectivity index is 1.65. The summed E-state index contributed by atoms with van der Waals surface area (Å²) in [6.45, 7) is -2.60. The minimum absolute atomic E-state index is 0.00349. The van der Waals surface area contributed by atoms with Crippen LogP contribution in [-0.4, -0.2) is 77.3 Å². The number of halogens is 4. The predicted octanol–water partition coefficient (Wildman–Crippen LogP) is 4.50. The van der Waals surface area contributed by atoms with Crippen LogP contribution in [-0.2, 0) is 14.3 Å². The number of fused-ring (bicyclic) bond motifs is 1. The standard InChI is InChI=1S/C26H24ClF3N6O4S/c1-39-19(37)5-8-36-25(38)40-13-26(36)11-18-20(17(31)4-6-33-24(29)30)21(15-3-2-14(28)10-16(15)27)34-22(35(18)12-26)23-32-7-9-41-23/h2-4,6-7,9-10,21,24,31,33H,5,8,11-13H2,1H3/b6-4-,31-17?/t21-,26-/m0/s1. The van der Waals surface area contributed by atoms with Gasteiger partial charge in [0, 0.05) is 52.6 Å². The molecule has 15 heteroatoms. The average Bonchev–Trinajstić information content (AvgIpc) is 3.66. The number of rotatable bonds is 9. The Labute approximate surface area is 241 Å². The zero-order valence-corrected chi connectivity index (χ0v) is 23.1. The summed E-state index contributed by atoms with van der Waals surface area (Å²) in [6, 6.07) is 2.90. The summed E-state index contributed by atoms with van der Waals surface area (Å²) in [6.07, 6.45) is 3.28. The Kier molecular flexibility index (Phi) is 8.04. The molecule has 0 bridgehead atoms. The number of ether oxygens (including phenoxy) is 2. The zero-order chi connectivity index (χ0) is 29.3. The van der Waals surface area contributed by atoms with Crippen molar-refractivity contribution in [1.82, 2.24) is 20.1 Å². The highest BCUT2D eigenvalue weighted by molar-refractivity contribution is 7.11. The van der Waals surface area contributed by atoms with E-state index in [1.54, 1.807) is 11.6 Å². The highest BCUT2D eigenvalue weighted by Gasteiger charge is 2.56. The van der Waals surface area contributed by atoms with Crippen molar-refractivity contribution in [2.45, 2.75) is 31.0 Å². The molecule has 1 aromatic carbocycles. The third kappa shape index (κ3) is 5.53. The first-order chi connectivity index (χ1) is 19.6. The Hall–Kier alpha value is -3.91. The fourth-order valence-electron chi connectivity index (χ4n) is 5.22. The number of nitrogens with zero attached hydrogens (tertiary/aromatic N) is 4. The van der Waals surface area contributed by atoms with E-state index in [9.17, 15) is 22.8 Å². The molecule has 2 aromatic rings. The van der Waals surface area contributed by atoms with Crippen LogP contribution in [0.3, 0.4) is 0 Å². The maximum absolute atomic E-state index is 14.0. The number of allylic oxidation sites excluding steroid dienone is 1. The van der Waals surface area contributed by atoms with E-state index in [1.807, 2.05) is 10.2 Å². The summed E-state index contributed by atoms with van der Waals surface area (Å²) >= 11 is 7.79. The molecule has 4 heterocycles. The maximum atomic E-state index is 14.0. The van der Waals surface area contributed by atoms with Crippen LogP contribution in [0.1, 0.15) is 29.5 Å². The van der Waals surface area contributed by atoms with Crippen LogP contribution in [0, 0.1) is 11.2 Å². The van der Waals surface area contributed by atoms with Gasteiger partial charge in [-0.05, 0) is 18.2 Å². The van der Waals surface area contributed by atoms with E-state index in [2.05, 4.69) is 4.98 Å². The lowest BCUT2D eigenvalue weighted by molar-refractivity contribution is -0.140. The van der Waals surface area contributed by atoms with Crippen molar-refractivity contribution in [3.8, 4) is 0 Å². The number of methoxy groups -OCH3 is 1. The quantitative estimate of drug-likeness (QED) is 0.244. The van der Waals surface area contributed by atoms with Crippen molar-refractivity contribution in [1.29, 1.82) is 5.41 Å². The minimum atomic E-state index is -2.84. The molecule has 2 fully saturated rings. The molecule has 1 amide bonds. The summed E-state index contributed by atoms with van der Waals surface area (Å²) in [7, 11) is 1.26. The van der Waals surface area contributed by atoms with Gasteiger partial charge in [-0.1, -0.05) is 17.7 Å². The lowest BCUT2D eigenvalue weighted by Crippen LogP contribution is -2.50. The van der Waals surface area contributed by atoms with Crippen molar-refractivity contribution in [2.24, 2.45) is 4.99 Å². The number of nitrogens with one attached hydrogen (secondary N) is 2. The van der Waals surface area contributed by atoms with Gasteiger partial charge in [0.1, 0.15) is 24.0 Å². The fraction of sp³-hybridized carbons (Fsp3) is 0.346. The Morgan fingerprint density at radius 1 is 1.44 bits per heavy atom. The number of esters is 1. The fourth-order valence-corrected chi connectivity index (χ4v) is 6.13. The number of aliphatic imine (C=N–C) groups is 1. The molecular weight excluding hydrogens is 585 g/mol. The molecule has 216 valence electrons. The average molecular weight is 609 g/mol. The largest absolute Gasteiger partial charge is 0.469 e. The van der Waals surface area contributed by atoms with E-state index in [1.165, 1.54) is 41.6 Å². The number of aromatic nitrogens is 1. The van der Waals surface area contributed by atoms with Gasteiger partial charge in [-0.15, -0.1) is 11.3 Å². The minimum Gasteiger partial charge on any atom is -0.469 e. The molecular formula is C26H24ClF3N6O4S. The maximum Gasteiger partial charge on any atom is 0.410 e. The van der Waals surface area contributed by atoms with E-state index in [-0.39, 0.29) is 43.3 Å². The monoisotopic (exact) mass is 608 g/mol. The van der Waals surface area contributed by atoms with Crippen molar-refractivity contribution < 1.29 is 32.2 Å². The first-order valence-corrected chi connectivity index (χ1v) is 13.6. The first kappa shape index (κ1) is 28.6. The molecule has 41 heavy (non-hydrogen) atoms. The molecule has 0 saturated carbocycles. The second kappa shape index (κ2) is 11.5. The van der Waals surface area contributed by atoms with E-state index in [4.69, 9.17) is 31.5 Å². The number of carbonyl (C=O) groups is 2. The molecule has 3 aliphatic rings. The molecule has 2 atom stereocenters. The van der Waals surface area contributed by atoms with E-state index in [0.717, 1.165) is 12.3 Å². The molecule has 3 aliphatic heterocycles. The number of amidine groups is 1. The Bertz CT molecular complexity index is 1470. The van der Waals surface area contributed by atoms with Crippen LogP contribution in [0.4, 0.5) is 18.0 Å². The molecule has 2 N–H and O–H groups in total. The Morgan fingerprint density at radius 3 is 2.93 bits per heavy atom. The lowest BCUT2D eigenvalue weighted by Gasteiger charge is -2.33. The van der Waals surface area contributed by atoms with Crippen molar-refractivity contribution in [3.05, 3.63) is 74.7 Å². The van der Waals surface area contributed by atoms with Gasteiger partial charge in [0.2, 0.25) is 0 Å². The molecule has 1 aromatic heterocycles.